The third-order valence-electron chi connectivity index (χ3n) is 2.38. The first-order valence-corrected chi connectivity index (χ1v) is 7.69. The summed E-state index contributed by atoms with van der Waals surface area (Å²) in [5.41, 5.74) is 0. The van der Waals surface area contributed by atoms with Crippen LogP contribution in [0.3, 0.4) is 0 Å². The average molecular weight is 306 g/mol. The van der Waals surface area contributed by atoms with Crippen LogP contribution >= 0.6 is 7.82 Å². The zero-order valence-electron chi connectivity index (χ0n) is 11.2. The molecule has 1 unspecified atom stereocenters. The number of para-hydroxylation sites is 1. The fraction of sp³-hybridized carbons (Fsp3) is 0.0667. The first-order valence-electron chi connectivity index (χ1n) is 6.20. The van der Waals surface area contributed by atoms with Gasteiger partial charge in [0.25, 0.3) is 0 Å². The fourth-order valence-corrected chi connectivity index (χ4v) is 2.23. The number of phosphoric ester groups is 1. The van der Waals surface area contributed by atoms with E-state index in [1.807, 2.05) is 30.3 Å². The van der Waals surface area contributed by atoms with E-state index in [1.165, 1.54) is 18.2 Å². The van der Waals surface area contributed by atoms with Gasteiger partial charge in [0, 0.05) is 0 Å². The van der Waals surface area contributed by atoms with Gasteiger partial charge in [-0.3, -0.25) is 9.42 Å². The van der Waals surface area contributed by atoms with Crippen LogP contribution in [-0.4, -0.2) is 11.5 Å². The van der Waals surface area contributed by atoms with Gasteiger partial charge in [0.15, 0.2) is 0 Å². The Morgan fingerprint density at radius 2 is 1.57 bits per heavy atom. The van der Waals surface area contributed by atoms with E-state index in [1.54, 1.807) is 12.1 Å². The number of phosphoric acid groups is 1. The molecule has 0 aliphatic rings. The topological polar surface area (TPSA) is 65.0 Å². The Kier molecular flexibility index (Phi) is 5.17. The molecular weight excluding hydrogens is 291 g/mol. The Labute approximate surface area is 123 Å². The highest BCUT2D eigenvalue weighted by molar-refractivity contribution is 7.47. The van der Waals surface area contributed by atoms with Gasteiger partial charge in [0.1, 0.15) is 17.2 Å². The van der Waals surface area contributed by atoms with E-state index in [0.29, 0.717) is 11.5 Å². The molecule has 2 aromatic rings. The molecule has 0 aliphatic carbocycles. The maximum absolute atomic E-state index is 11.6. The van der Waals surface area contributed by atoms with Gasteiger partial charge in [-0.25, -0.2) is 4.57 Å². The molecule has 0 saturated carbocycles. The highest BCUT2D eigenvalue weighted by Crippen LogP contribution is 2.43. The van der Waals surface area contributed by atoms with Crippen molar-refractivity contribution in [2.75, 3.05) is 6.61 Å². The molecule has 0 radical (unpaired) electrons. The first kappa shape index (κ1) is 15.3. The van der Waals surface area contributed by atoms with Gasteiger partial charge in [0.2, 0.25) is 0 Å². The minimum atomic E-state index is -4.12. The monoisotopic (exact) mass is 306 g/mol. The standard InChI is InChI=1S/C15H15O5P/c1-2-12-18-21(16,17)20-15-10-8-14(9-11-15)19-13-6-4-3-5-7-13/h2-11H,1,12H2,(H,16,17). The maximum atomic E-state index is 11.6. The Hall–Kier alpha value is -2.07. The number of benzene rings is 2. The molecule has 0 heterocycles. The SMILES string of the molecule is C=CCOP(=O)(O)Oc1ccc(Oc2ccccc2)cc1. The molecule has 5 nitrogen and oxygen atoms in total. The summed E-state index contributed by atoms with van der Waals surface area (Å²) in [6, 6.07) is 15.6. The van der Waals surface area contributed by atoms with Crippen LogP contribution in [0.1, 0.15) is 0 Å². The van der Waals surface area contributed by atoms with Crippen LogP contribution in [-0.2, 0) is 9.09 Å². The summed E-state index contributed by atoms with van der Waals surface area (Å²) in [7, 11) is -4.12. The molecule has 0 aliphatic heterocycles. The van der Waals surface area contributed by atoms with Crippen LogP contribution < -0.4 is 9.26 Å². The predicted molar refractivity (Wildman–Crippen MR) is 79.6 cm³/mol. The first-order chi connectivity index (χ1) is 10.1. The molecular formula is C15H15O5P. The normalized spacial score (nSPS) is 13.2. The fourth-order valence-electron chi connectivity index (χ4n) is 1.50. The largest absolute Gasteiger partial charge is 0.527 e. The van der Waals surface area contributed by atoms with E-state index in [-0.39, 0.29) is 12.4 Å². The molecule has 21 heavy (non-hydrogen) atoms. The van der Waals surface area contributed by atoms with Gasteiger partial charge in [0.05, 0.1) is 6.61 Å². The van der Waals surface area contributed by atoms with Crippen LogP contribution in [0.25, 0.3) is 0 Å². The Morgan fingerprint density at radius 1 is 1.00 bits per heavy atom. The molecule has 0 amide bonds. The van der Waals surface area contributed by atoms with Crippen LogP contribution in [0.4, 0.5) is 0 Å². The molecule has 0 fully saturated rings. The molecule has 0 bridgehead atoms. The van der Waals surface area contributed by atoms with Crippen LogP contribution in [0, 0.1) is 0 Å². The minimum absolute atomic E-state index is 0.0665. The lowest BCUT2D eigenvalue weighted by Crippen LogP contribution is -1.97. The van der Waals surface area contributed by atoms with E-state index < -0.39 is 7.82 Å². The number of hydrogen-bond donors (Lipinski definition) is 1. The van der Waals surface area contributed by atoms with Crippen molar-refractivity contribution < 1.29 is 23.2 Å². The second-order valence-corrected chi connectivity index (χ2v) is 5.41. The van der Waals surface area contributed by atoms with Gasteiger partial charge in [-0.05, 0) is 36.4 Å². The zero-order valence-corrected chi connectivity index (χ0v) is 12.1. The lowest BCUT2D eigenvalue weighted by molar-refractivity contribution is 0.222. The predicted octanol–water partition coefficient (Wildman–Crippen LogP) is 4.16. The van der Waals surface area contributed by atoms with Crippen molar-refractivity contribution >= 4 is 7.82 Å². The maximum Gasteiger partial charge on any atom is 0.527 e. The quantitative estimate of drug-likeness (QED) is 0.614. The summed E-state index contributed by atoms with van der Waals surface area (Å²) in [5, 5.41) is 0. The van der Waals surface area contributed by atoms with Gasteiger partial charge in [-0.1, -0.05) is 24.3 Å². The lowest BCUT2D eigenvalue weighted by Gasteiger charge is -2.12. The minimum Gasteiger partial charge on any atom is -0.457 e. The van der Waals surface area contributed by atoms with E-state index >= 15 is 0 Å². The molecule has 6 heteroatoms. The summed E-state index contributed by atoms with van der Waals surface area (Å²) in [4.78, 5) is 9.44. The smallest absolute Gasteiger partial charge is 0.457 e. The molecule has 0 spiro atoms. The summed E-state index contributed by atoms with van der Waals surface area (Å²) < 4.78 is 26.7. The Balaban J connectivity index is 1.99. The van der Waals surface area contributed by atoms with Crippen LogP contribution in [0.5, 0.6) is 17.2 Å². The molecule has 1 N–H and O–H groups in total. The molecule has 2 rings (SSSR count). The molecule has 0 saturated heterocycles. The molecule has 1 atom stereocenters. The molecule has 2 aromatic carbocycles. The van der Waals surface area contributed by atoms with Crippen LogP contribution in [0.15, 0.2) is 67.3 Å². The van der Waals surface area contributed by atoms with E-state index in [9.17, 15) is 9.46 Å². The highest BCUT2D eigenvalue weighted by Gasteiger charge is 2.21. The molecule has 110 valence electrons. The van der Waals surface area contributed by atoms with E-state index in [4.69, 9.17) is 9.26 Å². The van der Waals surface area contributed by atoms with Gasteiger partial charge in [-0.2, -0.15) is 0 Å². The third-order valence-corrected chi connectivity index (χ3v) is 3.30. The van der Waals surface area contributed by atoms with E-state index in [0.717, 1.165) is 0 Å². The van der Waals surface area contributed by atoms with Crippen molar-refractivity contribution in [2.45, 2.75) is 0 Å². The van der Waals surface area contributed by atoms with Crippen molar-refractivity contribution in [1.29, 1.82) is 0 Å². The number of rotatable bonds is 7. The summed E-state index contributed by atoms with van der Waals surface area (Å²) in [6.07, 6.45) is 1.36. The second kappa shape index (κ2) is 7.09. The molecule has 0 aromatic heterocycles. The van der Waals surface area contributed by atoms with Crippen molar-refractivity contribution in [1.82, 2.24) is 0 Å². The lowest BCUT2D eigenvalue weighted by atomic mass is 10.3. The highest BCUT2D eigenvalue weighted by atomic mass is 31.2. The van der Waals surface area contributed by atoms with Gasteiger partial charge >= 0.3 is 7.82 Å². The second-order valence-electron chi connectivity index (χ2n) is 4.03. The number of ether oxygens (including phenoxy) is 1. The van der Waals surface area contributed by atoms with Gasteiger partial charge in [-0.15, -0.1) is 6.58 Å². The summed E-state index contributed by atoms with van der Waals surface area (Å²) in [6.45, 7) is 3.33. The zero-order chi connectivity index (χ0) is 15.1. The van der Waals surface area contributed by atoms with Crippen molar-refractivity contribution in [3.63, 3.8) is 0 Å². The summed E-state index contributed by atoms with van der Waals surface area (Å²) >= 11 is 0. The number of hydrogen-bond acceptors (Lipinski definition) is 4. The third kappa shape index (κ3) is 5.08. The van der Waals surface area contributed by atoms with E-state index in [2.05, 4.69) is 11.1 Å². The van der Waals surface area contributed by atoms with Crippen LogP contribution in [0.2, 0.25) is 0 Å². The van der Waals surface area contributed by atoms with Gasteiger partial charge < -0.3 is 9.26 Å². The van der Waals surface area contributed by atoms with Crippen molar-refractivity contribution in [3.8, 4) is 17.2 Å². The van der Waals surface area contributed by atoms with Crippen molar-refractivity contribution in [3.05, 3.63) is 67.3 Å². The Morgan fingerprint density at radius 3 is 2.19 bits per heavy atom. The average Bonchev–Trinajstić information content (AvgIpc) is 2.48. The Bertz CT molecular complexity index is 624. The summed E-state index contributed by atoms with van der Waals surface area (Å²) in [5.74, 6) is 1.51. The van der Waals surface area contributed by atoms with Crippen molar-refractivity contribution in [2.24, 2.45) is 0 Å².